The topological polar surface area (TPSA) is 55.7 Å². The van der Waals surface area contributed by atoms with E-state index in [0.29, 0.717) is 19.6 Å². The van der Waals surface area contributed by atoms with Gasteiger partial charge in [-0.25, -0.2) is 4.99 Å². The van der Waals surface area contributed by atoms with Crippen LogP contribution in [0.25, 0.3) is 0 Å². The van der Waals surface area contributed by atoms with E-state index in [9.17, 15) is 8.42 Å². The Morgan fingerprint density at radius 2 is 2.00 bits per heavy atom. The van der Waals surface area contributed by atoms with Gasteiger partial charge in [-0.15, -0.1) is 4.65 Å². The van der Waals surface area contributed by atoms with Gasteiger partial charge in [-0.05, 0) is 25.5 Å². The second-order valence-electron chi connectivity index (χ2n) is 4.76. The zero-order chi connectivity index (χ0) is 13.9. The Hall–Kier alpha value is -1.24. The lowest BCUT2D eigenvalue weighted by atomic mass is 10.2. The smallest absolute Gasteiger partial charge is 0.233 e. The van der Waals surface area contributed by atoms with E-state index in [4.69, 9.17) is 4.28 Å². The SMILES string of the molecule is CCC[N+]1(OS(=O)(=O)c2ccc(C)cc2)C=NCC1. The Bertz CT molecular complexity index is 566. The number of hydrogen-bond acceptors (Lipinski definition) is 4. The molecule has 1 atom stereocenters. The van der Waals surface area contributed by atoms with Gasteiger partial charge in [0.25, 0.3) is 0 Å². The lowest BCUT2D eigenvalue weighted by molar-refractivity contribution is -0.997. The van der Waals surface area contributed by atoms with Crippen molar-refractivity contribution in [2.75, 3.05) is 19.6 Å². The number of aryl methyl sites for hydroxylation is 1. The highest BCUT2D eigenvalue weighted by Gasteiger charge is 2.37. The van der Waals surface area contributed by atoms with Crippen LogP contribution in [-0.4, -0.2) is 39.0 Å². The standard InChI is InChI=1S/C13H19N2O3S/c1-3-9-15(10-8-14-11-15)18-19(16,17)13-6-4-12(2)5-7-13/h4-7,11H,3,8-10H2,1-2H3/q+1. The summed E-state index contributed by atoms with van der Waals surface area (Å²) in [5.41, 5.74) is 1.01. The third-order valence-corrected chi connectivity index (χ3v) is 4.40. The Labute approximate surface area is 114 Å². The van der Waals surface area contributed by atoms with Gasteiger partial charge in [0, 0.05) is 0 Å². The van der Waals surface area contributed by atoms with Crippen LogP contribution in [0.4, 0.5) is 0 Å². The van der Waals surface area contributed by atoms with E-state index >= 15 is 0 Å². The van der Waals surface area contributed by atoms with E-state index < -0.39 is 10.1 Å². The molecule has 0 aliphatic carbocycles. The number of hydrogen-bond donors (Lipinski definition) is 0. The molecule has 0 bridgehead atoms. The molecule has 0 N–H and O–H groups in total. The first-order valence-corrected chi connectivity index (χ1v) is 7.79. The Morgan fingerprint density at radius 3 is 2.53 bits per heavy atom. The first-order chi connectivity index (χ1) is 8.97. The monoisotopic (exact) mass is 283 g/mol. The summed E-state index contributed by atoms with van der Waals surface area (Å²) in [4.78, 5) is 4.29. The van der Waals surface area contributed by atoms with Gasteiger partial charge in [-0.3, -0.25) is 0 Å². The van der Waals surface area contributed by atoms with Crippen LogP contribution in [0.1, 0.15) is 18.9 Å². The fraction of sp³-hybridized carbons (Fsp3) is 0.462. The minimum atomic E-state index is -3.76. The number of nitrogens with zero attached hydrogens (tertiary/aromatic N) is 2. The molecular weight excluding hydrogens is 264 g/mol. The fourth-order valence-electron chi connectivity index (χ4n) is 2.08. The van der Waals surface area contributed by atoms with E-state index in [1.165, 1.54) is 0 Å². The molecular formula is C13H19N2O3S+. The Morgan fingerprint density at radius 1 is 1.32 bits per heavy atom. The molecule has 0 spiro atoms. The third kappa shape index (κ3) is 3.20. The van der Waals surface area contributed by atoms with Crippen molar-refractivity contribution in [2.45, 2.75) is 25.2 Å². The van der Waals surface area contributed by atoms with Gasteiger partial charge in [-0.1, -0.05) is 28.9 Å². The minimum absolute atomic E-state index is 0.0350. The molecule has 1 aliphatic rings. The lowest BCUT2D eigenvalue weighted by Gasteiger charge is -2.25. The average Bonchev–Trinajstić information content (AvgIpc) is 2.77. The van der Waals surface area contributed by atoms with Crippen LogP contribution in [0, 0.1) is 6.92 Å². The summed E-state index contributed by atoms with van der Waals surface area (Å²) in [6.07, 6.45) is 2.42. The number of benzene rings is 1. The molecule has 1 aliphatic heterocycles. The van der Waals surface area contributed by atoms with E-state index in [0.717, 1.165) is 12.0 Å². The van der Waals surface area contributed by atoms with Gasteiger partial charge >= 0.3 is 10.1 Å². The van der Waals surface area contributed by atoms with Crippen LogP contribution in [0.2, 0.25) is 0 Å². The van der Waals surface area contributed by atoms with Crippen molar-refractivity contribution < 1.29 is 17.3 Å². The molecule has 2 rings (SSSR count). The van der Waals surface area contributed by atoms with Crippen molar-refractivity contribution in [3.8, 4) is 0 Å². The zero-order valence-electron chi connectivity index (χ0n) is 11.2. The molecule has 0 saturated heterocycles. The second kappa shape index (κ2) is 5.40. The van der Waals surface area contributed by atoms with Gasteiger partial charge < -0.3 is 0 Å². The fourth-order valence-corrected chi connectivity index (χ4v) is 3.21. The van der Waals surface area contributed by atoms with Gasteiger partial charge in [0.05, 0.1) is 11.4 Å². The van der Waals surface area contributed by atoms with Gasteiger partial charge in [-0.2, -0.15) is 8.42 Å². The number of rotatable bonds is 5. The summed E-state index contributed by atoms with van der Waals surface area (Å²) < 4.78 is 29.9. The van der Waals surface area contributed by atoms with Crippen LogP contribution < -0.4 is 0 Å². The quantitative estimate of drug-likeness (QED) is 0.775. The summed E-state index contributed by atoms with van der Waals surface area (Å²) in [7, 11) is -3.76. The number of aliphatic imine (C=N–C) groups is 1. The van der Waals surface area contributed by atoms with Crippen molar-refractivity contribution in [3.63, 3.8) is 0 Å². The average molecular weight is 283 g/mol. The lowest BCUT2D eigenvalue weighted by Crippen LogP contribution is -2.47. The van der Waals surface area contributed by atoms with Gasteiger partial charge in [0.2, 0.25) is 6.34 Å². The summed E-state index contributed by atoms with van der Waals surface area (Å²) >= 11 is 0. The van der Waals surface area contributed by atoms with Crippen LogP contribution in [0.15, 0.2) is 34.2 Å². The highest BCUT2D eigenvalue weighted by Crippen LogP contribution is 2.21. The molecule has 0 amide bonds. The normalized spacial score (nSPS) is 22.8. The molecule has 19 heavy (non-hydrogen) atoms. The molecule has 0 radical (unpaired) electrons. The molecule has 1 unspecified atom stereocenters. The van der Waals surface area contributed by atoms with Gasteiger partial charge in [0.15, 0.2) is 0 Å². The molecule has 5 nitrogen and oxygen atoms in total. The molecule has 1 aromatic carbocycles. The van der Waals surface area contributed by atoms with Crippen LogP contribution in [0.5, 0.6) is 0 Å². The van der Waals surface area contributed by atoms with E-state index in [1.54, 1.807) is 30.6 Å². The summed E-state index contributed by atoms with van der Waals surface area (Å²) in [5, 5.41) is 0. The van der Waals surface area contributed by atoms with Gasteiger partial charge in [0.1, 0.15) is 13.1 Å². The predicted octanol–water partition coefficient (Wildman–Crippen LogP) is 1.88. The Kier molecular flexibility index (Phi) is 4.03. The molecule has 1 heterocycles. The van der Waals surface area contributed by atoms with E-state index in [2.05, 4.69) is 4.99 Å². The van der Waals surface area contributed by atoms with Crippen molar-refractivity contribution >= 4 is 16.5 Å². The van der Waals surface area contributed by atoms with E-state index in [1.807, 2.05) is 13.8 Å². The first-order valence-electron chi connectivity index (χ1n) is 6.38. The minimum Gasteiger partial charge on any atom is -0.233 e. The summed E-state index contributed by atoms with van der Waals surface area (Å²) in [6, 6.07) is 6.66. The zero-order valence-corrected chi connectivity index (χ0v) is 12.1. The maximum atomic E-state index is 12.3. The highest BCUT2D eigenvalue weighted by atomic mass is 32.2. The molecule has 0 aromatic heterocycles. The first kappa shape index (κ1) is 14.2. The maximum absolute atomic E-state index is 12.3. The number of hydroxylamine groups is 3. The predicted molar refractivity (Wildman–Crippen MR) is 73.1 cm³/mol. The van der Waals surface area contributed by atoms with Crippen molar-refractivity contribution in [1.29, 1.82) is 0 Å². The summed E-state index contributed by atoms with van der Waals surface area (Å²) in [6.45, 7) is 5.68. The second-order valence-corrected chi connectivity index (χ2v) is 6.29. The van der Waals surface area contributed by atoms with E-state index in [-0.39, 0.29) is 9.54 Å². The number of quaternary nitrogens is 1. The molecule has 0 saturated carbocycles. The van der Waals surface area contributed by atoms with Crippen molar-refractivity contribution in [2.24, 2.45) is 4.99 Å². The highest BCUT2D eigenvalue weighted by molar-refractivity contribution is 7.86. The van der Waals surface area contributed by atoms with Crippen LogP contribution >= 0.6 is 0 Å². The molecule has 1 aromatic rings. The van der Waals surface area contributed by atoms with Crippen molar-refractivity contribution in [3.05, 3.63) is 29.8 Å². The maximum Gasteiger partial charge on any atom is 0.343 e. The molecule has 104 valence electrons. The molecule has 0 fully saturated rings. The molecule has 6 heteroatoms. The van der Waals surface area contributed by atoms with Crippen LogP contribution in [0.3, 0.4) is 0 Å². The van der Waals surface area contributed by atoms with Crippen molar-refractivity contribution in [1.82, 2.24) is 0 Å². The third-order valence-electron chi connectivity index (χ3n) is 3.06. The summed E-state index contributed by atoms with van der Waals surface area (Å²) in [5.74, 6) is 0. The van der Waals surface area contributed by atoms with Crippen LogP contribution in [-0.2, 0) is 14.4 Å². The Balaban J connectivity index is 2.25. The largest absolute Gasteiger partial charge is 0.343 e.